The van der Waals surface area contributed by atoms with Gasteiger partial charge in [0.2, 0.25) is 0 Å². The molecule has 5 nitrogen and oxygen atoms in total. The van der Waals surface area contributed by atoms with Crippen molar-refractivity contribution in [2.24, 2.45) is 0 Å². The van der Waals surface area contributed by atoms with E-state index in [1.165, 1.54) is 0 Å². The van der Waals surface area contributed by atoms with Crippen molar-refractivity contribution in [3.05, 3.63) is 58.7 Å². The Kier molecular flexibility index (Phi) is 7.82. The van der Waals surface area contributed by atoms with Gasteiger partial charge in [0.25, 0.3) is 5.91 Å². The molecule has 0 aliphatic rings. The van der Waals surface area contributed by atoms with Gasteiger partial charge in [0.05, 0.1) is 0 Å². The fraction of sp³-hybridized carbons (Fsp3) is 0.417. The molecule has 1 amide bonds. The average Bonchev–Trinajstić information content (AvgIpc) is 2.65. The molecule has 29 heavy (non-hydrogen) atoms. The number of carbonyl (C=O) groups is 2. The summed E-state index contributed by atoms with van der Waals surface area (Å²) in [4.78, 5) is 24.3. The second-order valence-corrected chi connectivity index (χ2v) is 7.89. The van der Waals surface area contributed by atoms with Gasteiger partial charge in [0.15, 0.2) is 13.2 Å². The van der Waals surface area contributed by atoms with Crippen molar-refractivity contribution in [1.82, 2.24) is 0 Å². The van der Waals surface area contributed by atoms with E-state index in [9.17, 15) is 9.59 Å². The highest BCUT2D eigenvalue weighted by Gasteiger charge is 2.15. The van der Waals surface area contributed by atoms with Crippen molar-refractivity contribution in [2.45, 2.75) is 53.4 Å². The molecule has 0 unspecified atom stereocenters. The minimum Gasteiger partial charge on any atom is -0.482 e. The molecule has 0 fully saturated rings. The Hall–Kier alpha value is -2.82. The maximum absolute atomic E-state index is 12.3. The van der Waals surface area contributed by atoms with Crippen LogP contribution in [-0.4, -0.2) is 25.1 Å². The standard InChI is InChI=1S/C24H31NO4/c1-15(2)19-11-10-17(5)12-21(19)28-14-23(27)29-13-22(26)25-24-18(6)8-7-9-20(24)16(3)4/h7-12,15-16H,13-14H2,1-6H3,(H,25,26). The summed E-state index contributed by atoms with van der Waals surface area (Å²) in [5.41, 5.74) is 4.88. The van der Waals surface area contributed by atoms with E-state index in [0.717, 1.165) is 27.9 Å². The van der Waals surface area contributed by atoms with Gasteiger partial charge in [-0.05, 0) is 54.0 Å². The van der Waals surface area contributed by atoms with E-state index in [1.54, 1.807) is 0 Å². The van der Waals surface area contributed by atoms with Gasteiger partial charge in [-0.25, -0.2) is 4.79 Å². The van der Waals surface area contributed by atoms with Crippen molar-refractivity contribution in [1.29, 1.82) is 0 Å². The fourth-order valence-electron chi connectivity index (χ4n) is 3.09. The average molecular weight is 398 g/mol. The van der Waals surface area contributed by atoms with Crippen LogP contribution >= 0.6 is 0 Å². The van der Waals surface area contributed by atoms with Crippen LogP contribution in [0.1, 0.15) is 61.8 Å². The largest absolute Gasteiger partial charge is 0.482 e. The maximum Gasteiger partial charge on any atom is 0.344 e. The predicted octanol–water partition coefficient (Wildman–Crippen LogP) is 5.11. The molecule has 5 heteroatoms. The Morgan fingerprint density at radius 2 is 1.62 bits per heavy atom. The first kappa shape index (κ1) is 22.5. The summed E-state index contributed by atoms with van der Waals surface area (Å²) in [5.74, 6) is 0.267. The van der Waals surface area contributed by atoms with Crippen molar-refractivity contribution in [3.8, 4) is 5.75 Å². The molecule has 2 aromatic carbocycles. The number of esters is 1. The predicted molar refractivity (Wildman–Crippen MR) is 116 cm³/mol. The Bertz CT molecular complexity index is 871. The first-order valence-corrected chi connectivity index (χ1v) is 9.97. The number of nitrogens with one attached hydrogen (secondary N) is 1. The van der Waals surface area contributed by atoms with Crippen LogP contribution in [0.5, 0.6) is 5.75 Å². The Morgan fingerprint density at radius 1 is 0.931 bits per heavy atom. The molecule has 0 radical (unpaired) electrons. The van der Waals surface area contributed by atoms with Crippen LogP contribution in [0, 0.1) is 13.8 Å². The van der Waals surface area contributed by atoms with Crippen LogP contribution in [0.15, 0.2) is 36.4 Å². The number of amides is 1. The molecule has 156 valence electrons. The van der Waals surface area contributed by atoms with Crippen LogP contribution in [0.25, 0.3) is 0 Å². The summed E-state index contributed by atoms with van der Waals surface area (Å²) in [6, 6.07) is 11.8. The van der Waals surface area contributed by atoms with Gasteiger partial charge in [-0.2, -0.15) is 0 Å². The third-order valence-electron chi connectivity index (χ3n) is 4.69. The van der Waals surface area contributed by atoms with Crippen LogP contribution in [0.2, 0.25) is 0 Å². The zero-order chi connectivity index (χ0) is 21.6. The number of hydrogen-bond donors (Lipinski definition) is 1. The molecule has 0 saturated heterocycles. The summed E-state index contributed by atoms with van der Waals surface area (Å²) in [7, 11) is 0. The maximum atomic E-state index is 12.3. The third-order valence-corrected chi connectivity index (χ3v) is 4.69. The Morgan fingerprint density at radius 3 is 2.28 bits per heavy atom. The summed E-state index contributed by atoms with van der Waals surface area (Å²) < 4.78 is 10.7. The molecule has 0 bridgehead atoms. The second kappa shape index (κ2) is 10.1. The van der Waals surface area contributed by atoms with Crippen molar-refractivity contribution in [3.63, 3.8) is 0 Å². The van der Waals surface area contributed by atoms with Crippen LogP contribution < -0.4 is 10.1 Å². The monoisotopic (exact) mass is 397 g/mol. The van der Waals surface area contributed by atoms with Gasteiger partial charge in [0, 0.05) is 5.69 Å². The zero-order valence-corrected chi connectivity index (χ0v) is 18.2. The first-order chi connectivity index (χ1) is 13.7. The highest BCUT2D eigenvalue weighted by atomic mass is 16.6. The lowest BCUT2D eigenvalue weighted by atomic mass is 9.98. The molecule has 2 aromatic rings. The molecular formula is C24H31NO4. The summed E-state index contributed by atoms with van der Waals surface area (Å²) in [6.45, 7) is 11.6. The van der Waals surface area contributed by atoms with Gasteiger partial charge in [-0.1, -0.05) is 58.0 Å². The van der Waals surface area contributed by atoms with Crippen molar-refractivity contribution < 1.29 is 19.1 Å². The molecule has 2 rings (SSSR count). The molecule has 0 aliphatic heterocycles. The number of carbonyl (C=O) groups excluding carboxylic acids is 2. The SMILES string of the molecule is Cc1ccc(C(C)C)c(OCC(=O)OCC(=O)Nc2c(C)cccc2C(C)C)c1. The number of anilines is 1. The van der Waals surface area contributed by atoms with Gasteiger partial charge in [-0.3, -0.25) is 4.79 Å². The lowest BCUT2D eigenvalue weighted by Gasteiger charge is -2.17. The highest BCUT2D eigenvalue weighted by Crippen LogP contribution is 2.28. The molecule has 1 N–H and O–H groups in total. The zero-order valence-electron chi connectivity index (χ0n) is 18.2. The third kappa shape index (κ3) is 6.34. The van der Waals surface area contributed by atoms with E-state index in [4.69, 9.17) is 9.47 Å². The van der Waals surface area contributed by atoms with Gasteiger partial charge in [0.1, 0.15) is 5.75 Å². The van der Waals surface area contributed by atoms with E-state index in [0.29, 0.717) is 5.75 Å². The number of hydrogen-bond acceptors (Lipinski definition) is 4. The topological polar surface area (TPSA) is 64.6 Å². The van der Waals surface area contributed by atoms with Gasteiger partial charge >= 0.3 is 5.97 Å². The van der Waals surface area contributed by atoms with Crippen LogP contribution in [0.3, 0.4) is 0 Å². The van der Waals surface area contributed by atoms with Gasteiger partial charge in [-0.15, -0.1) is 0 Å². The molecule has 0 aliphatic carbocycles. The van der Waals surface area contributed by atoms with E-state index >= 15 is 0 Å². The van der Waals surface area contributed by atoms with E-state index in [2.05, 4.69) is 33.0 Å². The van der Waals surface area contributed by atoms with E-state index in [-0.39, 0.29) is 31.0 Å². The first-order valence-electron chi connectivity index (χ1n) is 9.97. The minimum atomic E-state index is -0.578. The lowest BCUT2D eigenvalue weighted by molar-refractivity contribution is -0.149. The fourth-order valence-corrected chi connectivity index (χ4v) is 3.09. The molecule has 0 heterocycles. The number of aryl methyl sites for hydroxylation is 2. The molecule has 0 aromatic heterocycles. The number of benzene rings is 2. The van der Waals surface area contributed by atoms with E-state index in [1.807, 2.05) is 50.2 Å². The van der Waals surface area contributed by atoms with Gasteiger partial charge < -0.3 is 14.8 Å². The Labute approximate surface area is 173 Å². The van der Waals surface area contributed by atoms with Crippen molar-refractivity contribution >= 4 is 17.6 Å². The minimum absolute atomic E-state index is 0.238. The smallest absolute Gasteiger partial charge is 0.344 e. The lowest BCUT2D eigenvalue weighted by Crippen LogP contribution is -2.24. The van der Waals surface area contributed by atoms with E-state index < -0.39 is 5.97 Å². The Balaban J connectivity index is 1.91. The normalized spacial score (nSPS) is 10.9. The van der Waals surface area contributed by atoms with Crippen molar-refractivity contribution in [2.75, 3.05) is 18.5 Å². The molecule has 0 spiro atoms. The molecular weight excluding hydrogens is 366 g/mol. The number of rotatable bonds is 8. The molecule has 0 atom stereocenters. The van der Waals surface area contributed by atoms with Crippen LogP contribution in [-0.2, 0) is 14.3 Å². The number of ether oxygens (including phenoxy) is 2. The summed E-state index contributed by atoms with van der Waals surface area (Å²) in [6.07, 6.45) is 0. The quantitative estimate of drug-likeness (QED) is 0.629. The highest BCUT2D eigenvalue weighted by molar-refractivity contribution is 5.94. The molecule has 0 saturated carbocycles. The van der Waals surface area contributed by atoms with Crippen LogP contribution in [0.4, 0.5) is 5.69 Å². The second-order valence-electron chi connectivity index (χ2n) is 7.89. The number of para-hydroxylation sites is 1. The summed E-state index contributed by atoms with van der Waals surface area (Å²) >= 11 is 0. The summed E-state index contributed by atoms with van der Waals surface area (Å²) in [5, 5.41) is 2.86.